The monoisotopic (exact) mass is 412 g/mol. The van der Waals surface area contributed by atoms with Gasteiger partial charge in [0.2, 0.25) is 5.16 Å². The van der Waals surface area contributed by atoms with Gasteiger partial charge in [0.05, 0.1) is 12.4 Å². The second-order valence-corrected chi connectivity index (χ2v) is 7.43. The van der Waals surface area contributed by atoms with E-state index in [1.54, 1.807) is 38.3 Å². The van der Waals surface area contributed by atoms with Gasteiger partial charge in [-0.3, -0.25) is 20.4 Å². The number of tetrazole rings is 1. The highest BCUT2D eigenvalue weighted by atomic mass is 32.2. The van der Waals surface area contributed by atoms with Crippen LogP contribution in [0.1, 0.15) is 22.8 Å². The molecule has 0 saturated heterocycles. The fraction of sp³-hybridized carbons (Fsp3) is 0.211. The lowest BCUT2D eigenvalue weighted by atomic mass is 10.2. The normalized spacial score (nSPS) is 11.6. The number of aryl methyl sites for hydroxylation is 1. The number of amides is 2. The first kappa shape index (κ1) is 20.3. The predicted octanol–water partition coefficient (Wildman–Crippen LogP) is 1.92. The number of hydrogen-bond donors (Lipinski definition) is 2. The van der Waals surface area contributed by atoms with E-state index in [4.69, 9.17) is 4.74 Å². The van der Waals surface area contributed by atoms with Gasteiger partial charge in [-0.1, -0.05) is 36.0 Å². The number of hydrogen-bond acceptors (Lipinski definition) is 7. The van der Waals surface area contributed by atoms with E-state index >= 15 is 0 Å². The Morgan fingerprint density at radius 1 is 1.14 bits per heavy atom. The van der Waals surface area contributed by atoms with Crippen LogP contribution in [0.2, 0.25) is 0 Å². The Hall–Kier alpha value is -3.40. The van der Waals surface area contributed by atoms with Crippen molar-refractivity contribution in [3.8, 4) is 11.4 Å². The number of nitrogens with zero attached hydrogens (tertiary/aromatic N) is 4. The summed E-state index contributed by atoms with van der Waals surface area (Å²) in [6, 6.07) is 14.3. The topological polar surface area (TPSA) is 111 Å². The van der Waals surface area contributed by atoms with E-state index in [0.29, 0.717) is 22.2 Å². The molecule has 0 unspecified atom stereocenters. The summed E-state index contributed by atoms with van der Waals surface area (Å²) in [5.41, 5.74) is 6.96. The smallest absolute Gasteiger partial charge is 0.269 e. The summed E-state index contributed by atoms with van der Waals surface area (Å²) in [6.07, 6.45) is 0. The predicted molar refractivity (Wildman–Crippen MR) is 108 cm³/mol. The first-order chi connectivity index (χ1) is 14.0. The average molecular weight is 412 g/mol. The number of hydrazine groups is 1. The molecule has 2 amide bonds. The number of methoxy groups -OCH3 is 1. The first-order valence-electron chi connectivity index (χ1n) is 8.75. The van der Waals surface area contributed by atoms with Crippen molar-refractivity contribution in [1.29, 1.82) is 0 Å². The molecule has 0 saturated carbocycles. The van der Waals surface area contributed by atoms with Crippen LogP contribution < -0.4 is 15.6 Å². The molecule has 0 bridgehead atoms. The molecule has 29 heavy (non-hydrogen) atoms. The van der Waals surface area contributed by atoms with Crippen LogP contribution in [0.15, 0.2) is 53.7 Å². The van der Waals surface area contributed by atoms with Crippen LogP contribution >= 0.6 is 11.8 Å². The van der Waals surface area contributed by atoms with Crippen LogP contribution in [0, 0.1) is 6.92 Å². The maximum atomic E-state index is 12.4. The molecule has 0 aliphatic rings. The number of thioether (sulfide) groups is 1. The minimum atomic E-state index is -0.563. The van der Waals surface area contributed by atoms with E-state index in [1.165, 1.54) is 4.68 Å². The van der Waals surface area contributed by atoms with Crippen LogP contribution in [0.25, 0.3) is 5.69 Å². The van der Waals surface area contributed by atoms with Crippen LogP contribution in [0.5, 0.6) is 5.75 Å². The van der Waals surface area contributed by atoms with Gasteiger partial charge in [0.15, 0.2) is 0 Å². The van der Waals surface area contributed by atoms with Crippen molar-refractivity contribution in [2.24, 2.45) is 0 Å². The number of nitrogens with one attached hydrogen (secondary N) is 2. The zero-order chi connectivity index (χ0) is 20.8. The number of benzene rings is 2. The van der Waals surface area contributed by atoms with Crippen molar-refractivity contribution < 1.29 is 14.3 Å². The summed E-state index contributed by atoms with van der Waals surface area (Å²) in [4.78, 5) is 24.4. The highest BCUT2D eigenvalue weighted by Crippen LogP contribution is 2.28. The lowest BCUT2D eigenvalue weighted by Crippen LogP contribution is -2.44. The fourth-order valence-electron chi connectivity index (χ4n) is 2.46. The van der Waals surface area contributed by atoms with E-state index in [9.17, 15) is 9.59 Å². The standard InChI is InChI=1S/C19H20N6O3S/c1-12-9-10-16(28-3)15(11-12)25-19(22-23-24-25)29-13(2)17(26)20-21-18(27)14-7-5-4-6-8-14/h4-11,13H,1-3H3,(H,20,26)(H,21,27)/t13-/m1/s1. The van der Waals surface area contributed by atoms with E-state index in [1.807, 2.05) is 31.2 Å². The highest BCUT2D eigenvalue weighted by Gasteiger charge is 2.21. The van der Waals surface area contributed by atoms with E-state index in [0.717, 1.165) is 17.3 Å². The maximum Gasteiger partial charge on any atom is 0.269 e. The van der Waals surface area contributed by atoms with Crippen molar-refractivity contribution in [2.75, 3.05) is 7.11 Å². The van der Waals surface area contributed by atoms with Crippen molar-refractivity contribution in [1.82, 2.24) is 31.1 Å². The lowest BCUT2D eigenvalue weighted by molar-refractivity contribution is -0.121. The average Bonchev–Trinajstić information content (AvgIpc) is 3.20. The van der Waals surface area contributed by atoms with Gasteiger partial charge in [0.25, 0.3) is 11.8 Å². The Kier molecular flexibility index (Phi) is 6.45. The largest absolute Gasteiger partial charge is 0.494 e. The third-order valence-corrected chi connectivity index (χ3v) is 5.02. The van der Waals surface area contributed by atoms with Gasteiger partial charge >= 0.3 is 0 Å². The number of carbonyl (C=O) groups excluding carboxylic acids is 2. The molecule has 0 radical (unpaired) electrons. The Morgan fingerprint density at radius 3 is 2.62 bits per heavy atom. The zero-order valence-electron chi connectivity index (χ0n) is 16.1. The fourth-order valence-corrected chi connectivity index (χ4v) is 3.26. The molecule has 1 heterocycles. The Labute approximate surface area is 171 Å². The Bertz CT molecular complexity index is 1010. The van der Waals surface area contributed by atoms with Crippen molar-refractivity contribution in [2.45, 2.75) is 24.3 Å². The maximum absolute atomic E-state index is 12.4. The SMILES string of the molecule is COc1ccc(C)cc1-n1nnnc1S[C@H](C)C(=O)NNC(=O)c1ccccc1. The molecule has 0 aliphatic carbocycles. The molecule has 0 spiro atoms. The van der Waals surface area contributed by atoms with Gasteiger partial charge in [0.1, 0.15) is 11.4 Å². The molecule has 0 aliphatic heterocycles. The second-order valence-electron chi connectivity index (χ2n) is 6.12. The van der Waals surface area contributed by atoms with E-state index in [-0.39, 0.29) is 5.91 Å². The molecule has 150 valence electrons. The minimum absolute atomic E-state index is 0.384. The summed E-state index contributed by atoms with van der Waals surface area (Å²) in [6.45, 7) is 3.65. The summed E-state index contributed by atoms with van der Waals surface area (Å²) >= 11 is 1.16. The molecule has 3 rings (SSSR count). The van der Waals surface area contributed by atoms with Gasteiger partial charge in [-0.2, -0.15) is 4.68 Å². The van der Waals surface area contributed by atoms with Gasteiger partial charge in [-0.25, -0.2) is 0 Å². The van der Waals surface area contributed by atoms with Crippen molar-refractivity contribution in [3.05, 3.63) is 59.7 Å². The van der Waals surface area contributed by atoms with Crippen LogP contribution in [0.3, 0.4) is 0 Å². The van der Waals surface area contributed by atoms with Crippen molar-refractivity contribution >= 4 is 23.6 Å². The number of carbonyl (C=O) groups is 2. The Morgan fingerprint density at radius 2 is 1.90 bits per heavy atom. The van der Waals surface area contributed by atoms with Gasteiger partial charge in [0, 0.05) is 5.56 Å². The second kappa shape index (κ2) is 9.20. The van der Waals surface area contributed by atoms with Gasteiger partial charge in [-0.05, 0) is 54.1 Å². The van der Waals surface area contributed by atoms with Crippen LogP contribution in [-0.4, -0.2) is 44.4 Å². The summed E-state index contributed by atoms with van der Waals surface area (Å²) < 4.78 is 6.90. The number of ether oxygens (including phenoxy) is 1. The summed E-state index contributed by atoms with van der Waals surface area (Å²) in [7, 11) is 1.57. The third kappa shape index (κ3) is 4.91. The molecule has 1 atom stereocenters. The van der Waals surface area contributed by atoms with Crippen LogP contribution in [-0.2, 0) is 4.79 Å². The molecular weight excluding hydrogens is 392 g/mol. The molecular formula is C19H20N6O3S. The molecule has 1 aromatic heterocycles. The molecule has 0 fully saturated rings. The quantitative estimate of drug-likeness (QED) is 0.470. The van der Waals surface area contributed by atoms with Gasteiger partial charge < -0.3 is 4.74 Å². The minimum Gasteiger partial charge on any atom is -0.494 e. The molecule has 9 nitrogen and oxygen atoms in total. The van der Waals surface area contributed by atoms with Gasteiger partial charge in [-0.15, -0.1) is 5.10 Å². The summed E-state index contributed by atoms with van der Waals surface area (Å²) in [5.74, 6) is -0.174. The Balaban J connectivity index is 1.67. The molecule has 2 aromatic carbocycles. The highest BCUT2D eigenvalue weighted by molar-refractivity contribution is 8.00. The van der Waals surface area contributed by atoms with E-state index < -0.39 is 11.2 Å². The first-order valence-corrected chi connectivity index (χ1v) is 9.63. The zero-order valence-corrected chi connectivity index (χ0v) is 16.9. The third-order valence-electron chi connectivity index (χ3n) is 3.99. The number of rotatable bonds is 6. The molecule has 2 N–H and O–H groups in total. The lowest BCUT2D eigenvalue weighted by Gasteiger charge is -2.13. The summed E-state index contributed by atoms with van der Waals surface area (Å²) in [5, 5.41) is 11.6. The van der Waals surface area contributed by atoms with E-state index in [2.05, 4.69) is 26.4 Å². The van der Waals surface area contributed by atoms with Crippen molar-refractivity contribution in [3.63, 3.8) is 0 Å². The molecule has 10 heteroatoms. The number of aromatic nitrogens is 4. The molecule has 3 aromatic rings. The van der Waals surface area contributed by atoms with Crippen LogP contribution in [0.4, 0.5) is 0 Å².